The van der Waals surface area contributed by atoms with E-state index in [1.54, 1.807) is 23.1 Å². The number of carbonyl (C=O) groups is 1. The molecule has 0 unspecified atom stereocenters. The molecule has 1 saturated heterocycles. The molecule has 2 aliphatic carbocycles. The summed E-state index contributed by atoms with van der Waals surface area (Å²) >= 11 is 6.08. The van der Waals surface area contributed by atoms with E-state index in [0.29, 0.717) is 36.5 Å². The first-order valence-electron chi connectivity index (χ1n) is 21.7. The lowest BCUT2D eigenvalue weighted by atomic mass is 9.55. The van der Waals surface area contributed by atoms with E-state index in [1.807, 2.05) is 42.5 Å². The highest BCUT2D eigenvalue weighted by Gasteiger charge is 2.65. The van der Waals surface area contributed by atoms with Gasteiger partial charge in [0.15, 0.2) is 0 Å². The van der Waals surface area contributed by atoms with Crippen LogP contribution in [0.25, 0.3) is 0 Å². The Kier molecular flexibility index (Phi) is 15.8. The van der Waals surface area contributed by atoms with Gasteiger partial charge in [-0.15, -0.1) is 18.2 Å². The van der Waals surface area contributed by atoms with Crippen molar-refractivity contribution >= 4 is 23.4 Å². The van der Waals surface area contributed by atoms with Crippen molar-refractivity contribution in [2.45, 2.75) is 75.8 Å². The van der Waals surface area contributed by atoms with Crippen LogP contribution in [0.1, 0.15) is 67.6 Å². The highest BCUT2D eigenvalue weighted by atomic mass is 35.5. The Morgan fingerprint density at radius 1 is 1.00 bits per heavy atom. The molecule has 4 aliphatic rings. The molecule has 2 aliphatic heterocycles. The van der Waals surface area contributed by atoms with E-state index >= 15 is 0 Å². The van der Waals surface area contributed by atoms with Crippen molar-refractivity contribution in [1.29, 1.82) is 0 Å². The summed E-state index contributed by atoms with van der Waals surface area (Å²) in [6.45, 7) is 8.11. The summed E-state index contributed by atoms with van der Waals surface area (Å²) in [7, 11) is 0. The molecule has 11 nitrogen and oxygen atoms in total. The molecule has 61 heavy (non-hydrogen) atoms. The van der Waals surface area contributed by atoms with Gasteiger partial charge in [0.1, 0.15) is 43.2 Å². The molecule has 1 amide bonds. The van der Waals surface area contributed by atoms with Gasteiger partial charge in [-0.2, -0.15) is 0 Å². The van der Waals surface area contributed by atoms with Crippen molar-refractivity contribution in [2.75, 3.05) is 58.5 Å². The summed E-state index contributed by atoms with van der Waals surface area (Å²) in [5, 5.41) is 24.8. The standard InChI is InChI=1S/C48H59ClFN3O8/c1-2-26-59-48-44(53(47(56)58-27-20-49)32-34-14-16-37(50)17-15-34)31-42(51-60-33-35-10-4-3-5-11-35)40-29-36(12-6-8-24-54)39(13-7-9-25-55)45(46(40)48)41-30-38(18-19-43(41)61-48)57-28-23-52-21-22-52/h2-5,10-11,14-19,29-30,36,39,44-46,54-55H,1,6-9,12-13,20-28,31-33H2/t36-,39+,44-,45+,46+,48+/m0/s1. The van der Waals surface area contributed by atoms with Crippen molar-refractivity contribution in [2.24, 2.45) is 22.9 Å². The third-order valence-corrected chi connectivity index (χ3v) is 12.4. The van der Waals surface area contributed by atoms with E-state index in [9.17, 15) is 19.4 Å². The molecule has 328 valence electrons. The fourth-order valence-corrected chi connectivity index (χ4v) is 9.46. The summed E-state index contributed by atoms with van der Waals surface area (Å²) in [6, 6.07) is 21.0. The number of nitrogens with zero attached hydrogens (tertiary/aromatic N) is 3. The second kappa shape index (κ2) is 21.6. The van der Waals surface area contributed by atoms with Crippen molar-refractivity contribution in [3.05, 3.63) is 120 Å². The molecule has 0 radical (unpaired) electrons. The molecule has 2 N–H and O–H groups in total. The molecule has 6 atom stereocenters. The van der Waals surface area contributed by atoms with Crippen LogP contribution in [0.4, 0.5) is 9.18 Å². The molecule has 3 aromatic rings. The smallest absolute Gasteiger partial charge is 0.410 e. The van der Waals surface area contributed by atoms with Crippen molar-refractivity contribution in [1.82, 2.24) is 9.80 Å². The molecular weight excluding hydrogens is 801 g/mol. The van der Waals surface area contributed by atoms with Gasteiger partial charge in [-0.25, -0.2) is 9.18 Å². The van der Waals surface area contributed by atoms with Crippen molar-refractivity contribution < 1.29 is 43.2 Å². The Morgan fingerprint density at radius 3 is 2.49 bits per heavy atom. The van der Waals surface area contributed by atoms with Crippen LogP contribution in [0.2, 0.25) is 0 Å². The normalized spacial score (nSPS) is 24.5. The van der Waals surface area contributed by atoms with E-state index in [1.165, 1.54) is 12.1 Å². The third-order valence-electron chi connectivity index (χ3n) is 12.3. The Labute approximate surface area is 363 Å². The predicted octanol–water partition coefficient (Wildman–Crippen LogP) is 8.23. The van der Waals surface area contributed by atoms with Gasteiger partial charge in [-0.1, -0.05) is 72.6 Å². The topological polar surface area (TPSA) is 122 Å². The van der Waals surface area contributed by atoms with Crippen LogP contribution in [-0.4, -0.2) is 102 Å². The minimum Gasteiger partial charge on any atom is -0.492 e. The van der Waals surface area contributed by atoms with Gasteiger partial charge < -0.3 is 34.0 Å². The lowest BCUT2D eigenvalue weighted by molar-refractivity contribution is -0.256. The largest absolute Gasteiger partial charge is 0.492 e. The van der Waals surface area contributed by atoms with Gasteiger partial charge in [0.2, 0.25) is 5.79 Å². The van der Waals surface area contributed by atoms with Gasteiger partial charge in [0.25, 0.3) is 0 Å². The number of halogens is 2. The summed E-state index contributed by atoms with van der Waals surface area (Å²) in [6.07, 6.45) is 8.07. The minimum absolute atomic E-state index is 0.0292. The van der Waals surface area contributed by atoms with E-state index in [0.717, 1.165) is 67.8 Å². The van der Waals surface area contributed by atoms with E-state index in [2.05, 4.69) is 23.6 Å². The van der Waals surface area contributed by atoms with Gasteiger partial charge in [0.05, 0.1) is 24.1 Å². The zero-order valence-corrected chi connectivity index (χ0v) is 35.6. The first-order chi connectivity index (χ1) is 29.9. The molecule has 2 fully saturated rings. The summed E-state index contributed by atoms with van der Waals surface area (Å²) in [5.74, 6) is -1.08. The number of allylic oxidation sites excluding steroid dienone is 1. The average Bonchev–Trinajstić information content (AvgIpc) is 4.11. The fourth-order valence-electron chi connectivity index (χ4n) is 9.38. The van der Waals surface area contributed by atoms with Crippen LogP contribution in [0.15, 0.2) is 102 Å². The third kappa shape index (κ3) is 10.8. The number of oxime groups is 1. The number of rotatable bonds is 23. The van der Waals surface area contributed by atoms with Crippen LogP contribution in [-0.2, 0) is 27.5 Å². The van der Waals surface area contributed by atoms with Crippen LogP contribution >= 0.6 is 11.6 Å². The Hall–Kier alpha value is -4.46. The summed E-state index contributed by atoms with van der Waals surface area (Å²) in [5.41, 5.74) is 4.17. The number of aliphatic hydroxyl groups is 2. The quantitative estimate of drug-likeness (QED) is 0.0320. The maximum Gasteiger partial charge on any atom is 0.410 e. The number of hydrogen-bond acceptors (Lipinski definition) is 10. The number of alkyl halides is 1. The number of ether oxygens (including phenoxy) is 4. The van der Waals surface area contributed by atoms with Crippen LogP contribution in [0.3, 0.4) is 0 Å². The number of carbonyl (C=O) groups excluding carboxylic acids is 1. The van der Waals surface area contributed by atoms with Gasteiger partial charge >= 0.3 is 6.09 Å². The molecule has 13 heteroatoms. The van der Waals surface area contributed by atoms with Crippen LogP contribution in [0.5, 0.6) is 11.5 Å². The Balaban J connectivity index is 1.42. The molecule has 0 aromatic heterocycles. The van der Waals surface area contributed by atoms with Crippen molar-refractivity contribution in [3.63, 3.8) is 0 Å². The number of benzene rings is 3. The Bertz CT molecular complexity index is 1960. The Morgan fingerprint density at radius 2 is 1.77 bits per heavy atom. The summed E-state index contributed by atoms with van der Waals surface area (Å²) in [4.78, 5) is 24.6. The van der Waals surface area contributed by atoms with E-state index < -0.39 is 29.7 Å². The molecule has 0 spiro atoms. The monoisotopic (exact) mass is 859 g/mol. The molecular formula is C48H59ClFN3O8. The highest BCUT2D eigenvalue weighted by Crippen LogP contribution is 2.62. The molecule has 1 saturated carbocycles. The number of fused-ring (bicyclic) bond motifs is 2. The van der Waals surface area contributed by atoms with E-state index in [4.69, 9.17) is 40.5 Å². The lowest BCUT2D eigenvalue weighted by Gasteiger charge is -2.59. The lowest BCUT2D eigenvalue weighted by Crippen LogP contribution is -2.70. The second-order valence-electron chi connectivity index (χ2n) is 16.3. The van der Waals surface area contributed by atoms with Gasteiger partial charge in [-0.3, -0.25) is 9.80 Å². The fraction of sp³-hybridized carbons (Fsp3) is 0.500. The maximum absolute atomic E-state index is 14.5. The predicted molar refractivity (Wildman–Crippen MR) is 232 cm³/mol. The van der Waals surface area contributed by atoms with Gasteiger partial charge in [0, 0.05) is 57.3 Å². The second-order valence-corrected chi connectivity index (χ2v) is 16.7. The van der Waals surface area contributed by atoms with Crippen molar-refractivity contribution in [3.8, 4) is 11.5 Å². The number of aliphatic hydroxyl groups excluding tert-OH is 2. The van der Waals surface area contributed by atoms with E-state index in [-0.39, 0.29) is 69.6 Å². The molecule has 0 bridgehead atoms. The van der Waals surface area contributed by atoms with Crippen LogP contribution in [0, 0.1) is 23.6 Å². The zero-order valence-electron chi connectivity index (χ0n) is 34.8. The molecule has 7 rings (SSSR count). The minimum atomic E-state index is -1.50. The SMILES string of the molecule is C=CCO[C@@]12Oc3ccc(OCCN4CC4)cc3[C@H]3[C@H](CCCCO)[C@@H](CCCCO)C=C(C(=NOCc4ccccc4)C[C@@H]1N(Cc1ccc(F)cc1)C(=O)OCCCl)[C@H]32. The summed E-state index contributed by atoms with van der Waals surface area (Å²) < 4.78 is 40.8. The first kappa shape index (κ1) is 44.6. The number of amides is 1. The average molecular weight is 860 g/mol. The highest BCUT2D eigenvalue weighted by molar-refractivity contribution is 6.18. The number of hydrogen-bond donors (Lipinski definition) is 2. The zero-order chi connectivity index (χ0) is 42.6. The first-order valence-corrected chi connectivity index (χ1v) is 22.3. The maximum atomic E-state index is 14.5. The molecule has 3 aromatic carbocycles. The van der Waals surface area contributed by atoms with Crippen LogP contribution < -0.4 is 9.47 Å². The molecule has 2 heterocycles. The number of unbranched alkanes of at least 4 members (excludes halogenated alkanes) is 2. The van der Waals surface area contributed by atoms with Gasteiger partial charge in [-0.05, 0) is 84.6 Å².